The van der Waals surface area contributed by atoms with Crippen LogP contribution in [0.3, 0.4) is 0 Å². The van der Waals surface area contributed by atoms with Gasteiger partial charge in [-0.2, -0.15) is 17.9 Å². The zero-order valence-corrected chi connectivity index (χ0v) is 16.1. The maximum absolute atomic E-state index is 13.8. The fraction of sp³-hybridized carbons (Fsp3) is 0.136. The van der Waals surface area contributed by atoms with Crippen LogP contribution in [0.1, 0.15) is 29.2 Å². The molecule has 28 heavy (non-hydrogen) atoms. The number of sulfonamides is 1. The molecule has 0 unspecified atom stereocenters. The van der Waals surface area contributed by atoms with Gasteiger partial charge in [-0.15, -0.1) is 0 Å². The zero-order valence-electron chi connectivity index (χ0n) is 15.3. The smallest absolute Gasteiger partial charge is 0.207 e. The van der Waals surface area contributed by atoms with Crippen LogP contribution in [-0.2, 0) is 10.0 Å². The van der Waals surface area contributed by atoms with Crippen LogP contribution in [0.15, 0.2) is 88.9 Å². The maximum Gasteiger partial charge on any atom is 0.279 e. The minimum Gasteiger partial charge on any atom is -0.207 e. The van der Waals surface area contributed by atoms with E-state index in [1.165, 1.54) is 24.3 Å². The second kappa shape index (κ2) is 7.20. The minimum absolute atomic E-state index is 0.158. The monoisotopic (exact) mass is 394 g/mol. The molecule has 142 valence electrons. The molecule has 3 aromatic rings. The van der Waals surface area contributed by atoms with Crippen molar-refractivity contribution in [2.75, 3.05) is 0 Å². The fourth-order valence-electron chi connectivity index (χ4n) is 3.29. The molecular formula is C22H19FN2O2S. The van der Waals surface area contributed by atoms with Gasteiger partial charge in [0, 0.05) is 6.42 Å². The van der Waals surface area contributed by atoms with Crippen LogP contribution in [0, 0.1) is 12.7 Å². The van der Waals surface area contributed by atoms with Gasteiger partial charge in [0.2, 0.25) is 0 Å². The van der Waals surface area contributed by atoms with Crippen molar-refractivity contribution in [2.45, 2.75) is 24.3 Å². The molecule has 0 aromatic heterocycles. The van der Waals surface area contributed by atoms with Gasteiger partial charge in [-0.3, -0.25) is 0 Å². The van der Waals surface area contributed by atoms with Crippen LogP contribution < -0.4 is 0 Å². The highest BCUT2D eigenvalue weighted by Crippen LogP contribution is 2.37. The van der Waals surface area contributed by atoms with Crippen LogP contribution in [-0.4, -0.2) is 18.5 Å². The normalized spacial score (nSPS) is 16.9. The second-order valence-electron chi connectivity index (χ2n) is 6.78. The van der Waals surface area contributed by atoms with Gasteiger partial charge in [-0.25, -0.2) is 4.39 Å². The van der Waals surface area contributed by atoms with E-state index < -0.39 is 21.9 Å². The molecule has 3 aromatic carbocycles. The predicted molar refractivity (Wildman–Crippen MR) is 107 cm³/mol. The molecule has 1 aliphatic rings. The highest BCUT2D eigenvalue weighted by molar-refractivity contribution is 7.89. The number of hydrogen-bond donors (Lipinski definition) is 0. The number of halogens is 1. The lowest BCUT2D eigenvalue weighted by Gasteiger charge is -2.23. The van der Waals surface area contributed by atoms with Crippen molar-refractivity contribution in [3.63, 3.8) is 0 Å². The van der Waals surface area contributed by atoms with Crippen molar-refractivity contribution < 1.29 is 12.8 Å². The maximum atomic E-state index is 13.8. The number of aryl methyl sites for hydroxylation is 1. The fourth-order valence-corrected chi connectivity index (χ4v) is 4.75. The van der Waals surface area contributed by atoms with Gasteiger partial charge >= 0.3 is 0 Å². The SMILES string of the molecule is Cc1ccc(C2=NN(S(=O)(=O)c3ccccc3)[C@H](c3cccc(F)c3)C2)cc1. The molecule has 0 bridgehead atoms. The van der Waals surface area contributed by atoms with Gasteiger partial charge in [0.05, 0.1) is 16.6 Å². The zero-order chi connectivity index (χ0) is 19.7. The van der Waals surface area contributed by atoms with Crippen molar-refractivity contribution in [1.29, 1.82) is 0 Å². The summed E-state index contributed by atoms with van der Waals surface area (Å²) in [5.74, 6) is -0.404. The third-order valence-electron chi connectivity index (χ3n) is 4.78. The molecule has 0 radical (unpaired) electrons. The Labute approximate surface area is 164 Å². The van der Waals surface area contributed by atoms with E-state index in [1.807, 2.05) is 31.2 Å². The third-order valence-corrected chi connectivity index (χ3v) is 6.47. The van der Waals surface area contributed by atoms with Gasteiger partial charge in [-0.05, 0) is 42.3 Å². The van der Waals surface area contributed by atoms with Gasteiger partial charge in [-0.1, -0.05) is 60.2 Å². The summed E-state index contributed by atoms with van der Waals surface area (Å²) in [7, 11) is -3.87. The summed E-state index contributed by atoms with van der Waals surface area (Å²) >= 11 is 0. The van der Waals surface area contributed by atoms with E-state index in [4.69, 9.17) is 0 Å². The van der Waals surface area contributed by atoms with E-state index in [0.717, 1.165) is 15.5 Å². The Kier molecular flexibility index (Phi) is 4.73. The summed E-state index contributed by atoms with van der Waals surface area (Å²) in [6, 6.07) is 21.4. The van der Waals surface area contributed by atoms with Crippen LogP contribution in [0.5, 0.6) is 0 Å². The first-order valence-electron chi connectivity index (χ1n) is 8.94. The molecule has 4 nitrogen and oxygen atoms in total. The van der Waals surface area contributed by atoms with Gasteiger partial charge in [0.1, 0.15) is 5.82 Å². The van der Waals surface area contributed by atoms with Crippen molar-refractivity contribution in [2.24, 2.45) is 5.10 Å². The van der Waals surface area contributed by atoms with Crippen molar-refractivity contribution in [1.82, 2.24) is 4.41 Å². The quantitative estimate of drug-likeness (QED) is 0.645. The van der Waals surface area contributed by atoms with Crippen LogP contribution in [0.4, 0.5) is 4.39 Å². The summed E-state index contributed by atoms with van der Waals surface area (Å²) in [6.07, 6.45) is 0.374. The van der Waals surface area contributed by atoms with E-state index in [9.17, 15) is 12.8 Å². The number of nitrogens with zero attached hydrogens (tertiary/aromatic N) is 2. The molecule has 0 aliphatic carbocycles. The van der Waals surface area contributed by atoms with Crippen molar-refractivity contribution >= 4 is 15.7 Å². The summed E-state index contributed by atoms with van der Waals surface area (Å²) < 4.78 is 41.5. The highest BCUT2D eigenvalue weighted by Gasteiger charge is 2.37. The van der Waals surface area contributed by atoms with E-state index in [0.29, 0.717) is 17.7 Å². The topological polar surface area (TPSA) is 49.7 Å². The molecule has 1 atom stereocenters. The summed E-state index contributed by atoms with van der Waals surface area (Å²) in [6.45, 7) is 1.99. The van der Waals surface area contributed by atoms with Gasteiger partial charge in [0.25, 0.3) is 10.0 Å². The molecule has 0 spiro atoms. The summed E-state index contributed by atoms with van der Waals surface area (Å²) in [5.41, 5.74) is 3.20. The molecule has 1 aliphatic heterocycles. The Bertz CT molecular complexity index is 1130. The first kappa shape index (κ1) is 18.4. The largest absolute Gasteiger partial charge is 0.279 e. The van der Waals surface area contributed by atoms with Gasteiger partial charge in [0.15, 0.2) is 0 Å². The molecule has 0 saturated heterocycles. The molecule has 0 fully saturated rings. The Morgan fingerprint density at radius 1 is 0.964 bits per heavy atom. The molecule has 6 heteroatoms. The molecular weight excluding hydrogens is 375 g/mol. The van der Waals surface area contributed by atoms with E-state index >= 15 is 0 Å². The lowest BCUT2D eigenvalue weighted by molar-refractivity contribution is 0.370. The van der Waals surface area contributed by atoms with Crippen LogP contribution in [0.25, 0.3) is 0 Å². The minimum atomic E-state index is -3.87. The first-order valence-corrected chi connectivity index (χ1v) is 10.4. The lowest BCUT2D eigenvalue weighted by atomic mass is 9.98. The lowest BCUT2D eigenvalue weighted by Crippen LogP contribution is -2.27. The van der Waals surface area contributed by atoms with Crippen LogP contribution in [0.2, 0.25) is 0 Å². The molecule has 0 saturated carbocycles. The first-order chi connectivity index (χ1) is 13.4. The van der Waals surface area contributed by atoms with Crippen molar-refractivity contribution in [3.05, 3.63) is 101 Å². The number of hydrogen-bond acceptors (Lipinski definition) is 3. The number of rotatable bonds is 4. The van der Waals surface area contributed by atoms with Crippen molar-refractivity contribution in [3.8, 4) is 0 Å². The third kappa shape index (κ3) is 3.43. The van der Waals surface area contributed by atoms with Gasteiger partial charge < -0.3 is 0 Å². The molecule has 0 N–H and O–H groups in total. The average molecular weight is 394 g/mol. The summed E-state index contributed by atoms with van der Waals surface area (Å²) in [5, 5.41) is 4.46. The van der Waals surface area contributed by atoms with E-state index in [2.05, 4.69) is 5.10 Å². The number of hydrazone groups is 1. The highest BCUT2D eigenvalue weighted by atomic mass is 32.2. The number of benzene rings is 3. The van der Waals surface area contributed by atoms with Crippen LogP contribution >= 0.6 is 0 Å². The Hall–Kier alpha value is -2.99. The Morgan fingerprint density at radius 3 is 2.36 bits per heavy atom. The second-order valence-corrected chi connectivity index (χ2v) is 8.57. The molecule has 0 amide bonds. The predicted octanol–water partition coefficient (Wildman–Crippen LogP) is 4.67. The van der Waals surface area contributed by atoms with E-state index in [-0.39, 0.29) is 4.90 Å². The average Bonchev–Trinajstić information content (AvgIpc) is 3.16. The standard InChI is InChI=1S/C22H19FN2O2S/c1-16-10-12-17(13-11-16)21-15-22(18-6-5-7-19(23)14-18)25(24-21)28(26,27)20-8-3-2-4-9-20/h2-14,22H,15H2,1H3/t22-/m0/s1. The summed E-state index contributed by atoms with van der Waals surface area (Å²) in [4.78, 5) is 0.158. The molecule has 4 rings (SSSR count). The Balaban J connectivity index is 1.81. The molecule has 1 heterocycles. The Morgan fingerprint density at radius 2 is 1.68 bits per heavy atom. The van der Waals surface area contributed by atoms with E-state index in [1.54, 1.807) is 30.3 Å².